The first-order valence-corrected chi connectivity index (χ1v) is 11.1. The standard InChI is InChI=1S/C15H20N4O5S3/c1-7-17-18-14(27-7)26-6-15(13(22)24-9(3)23-8(2)20)4-19-11(21)10(16)12(19)25-5-15/h9-10,12H,4-6,16H2,1-3H3/t9?,10?,12-,15?/m1/s1. The maximum absolute atomic E-state index is 13.0. The molecule has 2 N–H and O–H groups in total. The summed E-state index contributed by atoms with van der Waals surface area (Å²) in [5.41, 5.74) is 4.89. The molecule has 4 atom stereocenters. The Kier molecular flexibility index (Phi) is 5.99. The molecule has 2 aliphatic heterocycles. The zero-order chi connectivity index (χ0) is 19.8. The van der Waals surface area contributed by atoms with Crippen molar-refractivity contribution < 1.29 is 23.9 Å². The largest absolute Gasteiger partial charge is 0.426 e. The van der Waals surface area contributed by atoms with Crippen LogP contribution in [0.15, 0.2) is 4.34 Å². The minimum atomic E-state index is -1.00. The predicted octanol–water partition coefficient (Wildman–Crippen LogP) is 0.620. The van der Waals surface area contributed by atoms with Gasteiger partial charge >= 0.3 is 11.9 Å². The number of amides is 1. The lowest BCUT2D eigenvalue weighted by molar-refractivity contribution is -0.190. The molecule has 2 saturated heterocycles. The highest BCUT2D eigenvalue weighted by molar-refractivity contribution is 8.01. The molecule has 1 aromatic heterocycles. The molecule has 2 fully saturated rings. The Morgan fingerprint density at radius 2 is 2.19 bits per heavy atom. The molecule has 0 saturated carbocycles. The van der Waals surface area contributed by atoms with E-state index in [1.54, 1.807) is 4.90 Å². The zero-order valence-electron chi connectivity index (χ0n) is 15.0. The number of hydrogen-bond acceptors (Lipinski definition) is 11. The van der Waals surface area contributed by atoms with Crippen LogP contribution in [0.2, 0.25) is 0 Å². The number of thioether (sulfide) groups is 2. The van der Waals surface area contributed by atoms with Crippen molar-refractivity contribution in [1.29, 1.82) is 0 Å². The van der Waals surface area contributed by atoms with Crippen molar-refractivity contribution in [2.75, 3.05) is 18.1 Å². The third-order valence-electron chi connectivity index (χ3n) is 4.20. The van der Waals surface area contributed by atoms with Crippen molar-refractivity contribution in [1.82, 2.24) is 15.1 Å². The molecule has 148 valence electrons. The summed E-state index contributed by atoms with van der Waals surface area (Å²) in [6.07, 6.45) is -1.00. The minimum Gasteiger partial charge on any atom is -0.426 e. The van der Waals surface area contributed by atoms with Crippen LogP contribution in [0, 0.1) is 12.3 Å². The number of β-lactam (4-membered cyclic amide) rings is 1. The first kappa shape index (κ1) is 20.4. The fourth-order valence-electron chi connectivity index (χ4n) is 2.87. The Hall–Kier alpha value is -1.37. The number of hydrogen-bond donors (Lipinski definition) is 1. The third-order valence-corrected chi connectivity index (χ3v) is 8.07. The smallest absolute Gasteiger partial charge is 0.318 e. The van der Waals surface area contributed by atoms with Crippen molar-refractivity contribution in [3.63, 3.8) is 0 Å². The van der Waals surface area contributed by atoms with E-state index >= 15 is 0 Å². The molecule has 3 heterocycles. The molecular weight excluding hydrogens is 412 g/mol. The summed E-state index contributed by atoms with van der Waals surface area (Å²) in [5.74, 6) is -0.402. The fourth-order valence-corrected chi connectivity index (χ4v) is 6.48. The Labute approximate surface area is 168 Å². The summed E-state index contributed by atoms with van der Waals surface area (Å²) in [6, 6.07) is -0.526. The molecule has 0 aliphatic carbocycles. The first-order valence-electron chi connectivity index (χ1n) is 8.21. The Morgan fingerprint density at radius 3 is 2.81 bits per heavy atom. The van der Waals surface area contributed by atoms with Gasteiger partial charge in [-0.25, -0.2) is 0 Å². The number of carbonyl (C=O) groups is 3. The monoisotopic (exact) mass is 432 g/mol. The maximum atomic E-state index is 13.0. The van der Waals surface area contributed by atoms with Crippen LogP contribution in [0.1, 0.15) is 18.9 Å². The van der Waals surface area contributed by atoms with Crippen LogP contribution >= 0.6 is 34.9 Å². The molecule has 0 aromatic carbocycles. The number of carbonyl (C=O) groups excluding carboxylic acids is 3. The number of nitrogens with two attached hydrogens (primary N) is 1. The Bertz CT molecular complexity index is 760. The lowest BCUT2D eigenvalue weighted by Crippen LogP contribution is -2.72. The van der Waals surface area contributed by atoms with Crippen molar-refractivity contribution in [3.8, 4) is 0 Å². The summed E-state index contributed by atoms with van der Waals surface area (Å²) in [7, 11) is 0. The van der Waals surface area contributed by atoms with Crippen LogP contribution in [0.4, 0.5) is 0 Å². The molecule has 9 nitrogen and oxygen atoms in total. The van der Waals surface area contributed by atoms with E-state index < -0.39 is 29.7 Å². The number of aromatic nitrogens is 2. The number of nitrogens with zero attached hydrogens (tertiary/aromatic N) is 3. The van der Waals surface area contributed by atoms with Gasteiger partial charge < -0.3 is 20.1 Å². The van der Waals surface area contributed by atoms with E-state index in [1.165, 1.54) is 48.7 Å². The fraction of sp³-hybridized carbons (Fsp3) is 0.667. The molecule has 1 aromatic rings. The minimum absolute atomic E-state index is 0.113. The summed E-state index contributed by atoms with van der Waals surface area (Å²) >= 11 is 4.30. The van der Waals surface area contributed by atoms with Gasteiger partial charge in [-0.2, -0.15) is 0 Å². The molecule has 27 heavy (non-hydrogen) atoms. The van der Waals surface area contributed by atoms with Crippen molar-refractivity contribution in [3.05, 3.63) is 5.01 Å². The average Bonchev–Trinajstić information content (AvgIpc) is 3.03. The lowest BCUT2D eigenvalue weighted by Gasteiger charge is -2.53. The van der Waals surface area contributed by atoms with Crippen LogP contribution < -0.4 is 5.73 Å². The summed E-state index contributed by atoms with van der Waals surface area (Å²) in [4.78, 5) is 37.8. The second kappa shape index (κ2) is 7.94. The van der Waals surface area contributed by atoms with Gasteiger partial charge in [0, 0.05) is 31.9 Å². The first-order chi connectivity index (χ1) is 12.7. The highest BCUT2D eigenvalue weighted by Crippen LogP contribution is 2.44. The van der Waals surface area contributed by atoms with E-state index in [-0.39, 0.29) is 17.8 Å². The van der Waals surface area contributed by atoms with E-state index in [4.69, 9.17) is 15.2 Å². The van der Waals surface area contributed by atoms with Gasteiger partial charge in [-0.15, -0.1) is 22.0 Å². The van der Waals surface area contributed by atoms with Gasteiger partial charge in [0.25, 0.3) is 0 Å². The topological polar surface area (TPSA) is 125 Å². The lowest BCUT2D eigenvalue weighted by atomic mass is 9.89. The SMILES string of the molecule is CC(=O)OC(C)OC(=O)C1(CSc2nnc(C)s2)CS[C@@H]2C(N)C(=O)N2C1. The molecule has 0 bridgehead atoms. The number of ether oxygens (including phenoxy) is 2. The van der Waals surface area contributed by atoms with Crippen molar-refractivity contribution >= 4 is 52.7 Å². The molecule has 12 heteroatoms. The second-order valence-electron chi connectivity index (χ2n) is 6.43. The van der Waals surface area contributed by atoms with E-state index in [9.17, 15) is 14.4 Å². The number of fused-ring (bicyclic) bond motifs is 1. The normalized spacial score (nSPS) is 28.1. The molecule has 3 unspecified atom stereocenters. The average molecular weight is 433 g/mol. The highest BCUT2D eigenvalue weighted by atomic mass is 32.2. The second-order valence-corrected chi connectivity index (χ2v) is 9.94. The summed E-state index contributed by atoms with van der Waals surface area (Å²) in [6.45, 7) is 4.80. The van der Waals surface area contributed by atoms with Crippen molar-refractivity contribution in [2.45, 2.75) is 42.8 Å². The highest BCUT2D eigenvalue weighted by Gasteiger charge is 2.56. The van der Waals surface area contributed by atoms with Gasteiger partial charge in [0.2, 0.25) is 12.2 Å². The molecule has 0 spiro atoms. The molecule has 2 aliphatic rings. The van der Waals surface area contributed by atoms with Crippen LogP contribution in [-0.4, -0.2) is 68.7 Å². The number of rotatable bonds is 6. The van der Waals surface area contributed by atoms with Crippen molar-refractivity contribution in [2.24, 2.45) is 11.1 Å². The van der Waals surface area contributed by atoms with E-state index in [1.807, 2.05) is 6.92 Å². The van der Waals surface area contributed by atoms with Gasteiger partial charge in [-0.05, 0) is 6.92 Å². The van der Waals surface area contributed by atoms with E-state index in [0.29, 0.717) is 11.5 Å². The Morgan fingerprint density at radius 1 is 1.44 bits per heavy atom. The van der Waals surface area contributed by atoms with Gasteiger partial charge in [-0.1, -0.05) is 23.1 Å². The van der Waals surface area contributed by atoms with Gasteiger partial charge in [0.1, 0.15) is 21.8 Å². The van der Waals surface area contributed by atoms with Gasteiger partial charge in [-0.3, -0.25) is 14.4 Å². The van der Waals surface area contributed by atoms with Crippen LogP contribution in [0.5, 0.6) is 0 Å². The van der Waals surface area contributed by atoms with Gasteiger partial charge in [0.05, 0.1) is 0 Å². The summed E-state index contributed by atoms with van der Waals surface area (Å²) in [5, 5.41) is 8.77. The van der Waals surface area contributed by atoms with Crippen LogP contribution in [-0.2, 0) is 23.9 Å². The summed E-state index contributed by atoms with van der Waals surface area (Å²) < 4.78 is 11.0. The zero-order valence-corrected chi connectivity index (χ0v) is 17.5. The molecule has 0 radical (unpaired) electrons. The molecule has 1 amide bonds. The Balaban J connectivity index is 1.75. The quantitative estimate of drug-likeness (QED) is 0.296. The maximum Gasteiger partial charge on any atom is 0.318 e. The third kappa shape index (κ3) is 4.23. The number of aryl methyl sites for hydroxylation is 1. The predicted molar refractivity (Wildman–Crippen MR) is 101 cm³/mol. The van der Waals surface area contributed by atoms with E-state index in [2.05, 4.69) is 10.2 Å². The van der Waals surface area contributed by atoms with Gasteiger partial charge in [0.15, 0.2) is 4.34 Å². The van der Waals surface area contributed by atoms with Crippen LogP contribution in [0.3, 0.4) is 0 Å². The number of esters is 2. The van der Waals surface area contributed by atoms with Crippen LogP contribution in [0.25, 0.3) is 0 Å². The molecular formula is C15H20N4O5S3. The molecule has 3 rings (SSSR count). The van der Waals surface area contributed by atoms with E-state index in [0.717, 1.165) is 9.35 Å².